The summed E-state index contributed by atoms with van der Waals surface area (Å²) in [6.45, 7) is 19.1. The fourth-order valence-electron chi connectivity index (χ4n) is 19.4. The number of allylic oxidation sites excluding steroid dienone is 7. The first-order valence-electron chi connectivity index (χ1n) is 46.3. The molecule has 3 fully saturated rings. The Balaban J connectivity index is 0.000000259. The van der Waals surface area contributed by atoms with Gasteiger partial charge in [-0.2, -0.15) is 13.0 Å². The number of carbonyl (C=O) groups excluding carboxylic acids is 2. The summed E-state index contributed by atoms with van der Waals surface area (Å²) in [5.74, 6) is 1.74. The number of benzene rings is 6. The topological polar surface area (TPSA) is 282 Å². The lowest BCUT2D eigenvalue weighted by Gasteiger charge is -2.34. The molecule has 11 atom stereocenters. The molecular formula is C100H126B2ClN5O19P2S2. The number of anilines is 4. The molecule has 700 valence electrons. The lowest BCUT2D eigenvalue weighted by Crippen LogP contribution is -3.00. The van der Waals surface area contributed by atoms with Crippen LogP contribution in [0.5, 0.6) is 5.75 Å². The summed E-state index contributed by atoms with van der Waals surface area (Å²) in [6, 6.07) is 42.9. The Morgan fingerprint density at radius 1 is 0.733 bits per heavy atom. The fourth-order valence-corrected chi connectivity index (χ4v) is 22.5. The predicted molar refractivity (Wildman–Crippen MR) is 511 cm³/mol. The van der Waals surface area contributed by atoms with Crippen LogP contribution in [0.25, 0.3) is 5.57 Å². The number of ether oxygens (including phenoxy) is 3. The lowest BCUT2D eigenvalue weighted by atomic mass is 9.77. The van der Waals surface area contributed by atoms with Crippen molar-refractivity contribution in [3.63, 3.8) is 0 Å². The Labute approximate surface area is 786 Å². The second kappa shape index (κ2) is 45.5. The van der Waals surface area contributed by atoms with Crippen molar-refractivity contribution in [3.05, 3.63) is 232 Å². The van der Waals surface area contributed by atoms with E-state index in [1.807, 2.05) is 6.07 Å². The van der Waals surface area contributed by atoms with Crippen LogP contribution in [0.4, 0.5) is 28.4 Å². The van der Waals surface area contributed by atoms with Gasteiger partial charge in [-0.3, -0.25) is 27.4 Å². The number of nitrogens with zero attached hydrogens (tertiary/aromatic N) is 5. The molecule has 0 amide bonds. The minimum Gasteiger partial charge on any atom is -1.00 e. The molecule has 0 bridgehead atoms. The minimum atomic E-state index is -4.64. The first kappa shape index (κ1) is 101. The number of carbonyl (C=O) groups is 2. The molecule has 6 aromatic carbocycles. The molecule has 0 spiro atoms. The Hall–Kier alpha value is -7.37. The summed E-state index contributed by atoms with van der Waals surface area (Å²) in [7, 11) is -0.378. The molecule has 0 aromatic heterocycles. The maximum atomic E-state index is 13.6. The van der Waals surface area contributed by atoms with E-state index < -0.39 is 73.5 Å². The normalized spacial score (nSPS) is 23.6. The Bertz CT molecular complexity index is 5490. The summed E-state index contributed by atoms with van der Waals surface area (Å²) < 4.78 is 102. The highest BCUT2D eigenvalue weighted by molar-refractivity contribution is 7.97. The minimum absolute atomic E-state index is 0. The number of para-hydroxylation sites is 2. The van der Waals surface area contributed by atoms with E-state index in [1.54, 1.807) is 24.9 Å². The molecule has 31 heteroatoms. The number of piperidine rings is 1. The number of aliphatic hydroxyl groups is 1. The number of fused-ring (bicyclic) bond motifs is 6. The van der Waals surface area contributed by atoms with E-state index in [1.165, 1.54) is 51.1 Å². The molecule has 6 aromatic rings. The van der Waals surface area contributed by atoms with Crippen molar-refractivity contribution in [2.24, 2.45) is 11.8 Å². The number of Topliss-reactive ketones (excluding diaryl/α,β-unsaturated/α-hetero) is 2. The molecule has 24 nitrogen and oxygen atoms in total. The fraction of sp³-hybridized carbons (Fsp3) is 0.490. The van der Waals surface area contributed by atoms with Crippen LogP contribution in [0.3, 0.4) is 0 Å². The van der Waals surface area contributed by atoms with Gasteiger partial charge < -0.3 is 61.0 Å². The van der Waals surface area contributed by atoms with Crippen LogP contribution < -0.4 is 31.8 Å². The zero-order valence-corrected chi connectivity index (χ0v) is 80.7. The molecular weight excluding hydrogens is 1760 g/mol. The van der Waals surface area contributed by atoms with Gasteiger partial charge in [0.15, 0.2) is 5.71 Å². The third-order valence-corrected chi connectivity index (χ3v) is 30.5. The highest BCUT2D eigenvalue weighted by Gasteiger charge is 2.47. The number of hydrogen-bond donors (Lipinski definition) is 4. The molecule has 0 saturated carbocycles. The summed E-state index contributed by atoms with van der Waals surface area (Å²) in [4.78, 5) is 64.5. The Morgan fingerprint density at radius 2 is 1.44 bits per heavy atom. The molecule has 3 saturated heterocycles. The zero-order valence-electron chi connectivity index (χ0n) is 76.5. The van der Waals surface area contributed by atoms with Crippen LogP contribution in [-0.2, 0) is 89.9 Å². The number of aryl methyl sites for hydroxylation is 1. The van der Waals surface area contributed by atoms with Gasteiger partial charge in [0.1, 0.15) is 70.2 Å². The van der Waals surface area contributed by atoms with E-state index in [0.717, 1.165) is 191 Å². The summed E-state index contributed by atoms with van der Waals surface area (Å²) >= 11 is 1.76. The van der Waals surface area contributed by atoms with Gasteiger partial charge in [0.25, 0.3) is 10.1 Å². The van der Waals surface area contributed by atoms with Crippen LogP contribution in [0.2, 0.25) is 0 Å². The van der Waals surface area contributed by atoms with Crippen LogP contribution >= 0.6 is 27.6 Å². The Kier molecular flexibility index (Phi) is 35.1. The predicted octanol–water partition coefficient (Wildman–Crippen LogP) is 16.0. The van der Waals surface area contributed by atoms with Gasteiger partial charge >= 0.3 is 15.6 Å². The lowest BCUT2D eigenvalue weighted by molar-refractivity contribution is -0.438. The third-order valence-electron chi connectivity index (χ3n) is 26.6. The molecule has 9 aliphatic rings. The summed E-state index contributed by atoms with van der Waals surface area (Å²) in [6.07, 6.45) is 29.4. The van der Waals surface area contributed by atoms with Crippen LogP contribution in [0, 0.1) is 18.8 Å². The summed E-state index contributed by atoms with van der Waals surface area (Å²) in [5, 5.41) is 10.1. The molecule has 1 aliphatic carbocycles. The molecule has 8 aliphatic heterocycles. The second-order valence-corrected chi connectivity index (χ2v) is 41.7. The third kappa shape index (κ3) is 24.7. The van der Waals surface area contributed by atoms with Gasteiger partial charge in [-0.25, -0.2) is 23.2 Å². The number of ketones is 2. The number of halogens is 1. The van der Waals surface area contributed by atoms with E-state index in [9.17, 15) is 46.6 Å². The number of phosphoric acid groups is 2. The van der Waals surface area contributed by atoms with Gasteiger partial charge in [0, 0.05) is 169 Å². The first-order valence-corrected chi connectivity index (χ1v) is 51.5. The van der Waals surface area contributed by atoms with Crippen molar-refractivity contribution in [3.8, 4) is 5.75 Å². The molecule has 131 heavy (non-hydrogen) atoms. The van der Waals surface area contributed by atoms with E-state index in [0.29, 0.717) is 32.1 Å². The number of phosphoric ester groups is 2. The van der Waals surface area contributed by atoms with Crippen LogP contribution in [0.15, 0.2) is 203 Å². The molecule has 15 rings (SSSR count). The van der Waals surface area contributed by atoms with E-state index in [-0.39, 0.29) is 85.5 Å². The number of hydrogen-bond acceptors (Lipinski definition) is 21. The molecule has 4 N–H and O–H groups in total. The quantitative estimate of drug-likeness (QED) is 0.00319. The number of unbranched alkanes of at least 4 members (excludes halogenated alkanes) is 6. The van der Waals surface area contributed by atoms with E-state index in [4.69, 9.17) is 53.2 Å². The molecule has 8 heterocycles. The SMILES string of the molecule is CCCCN1C(=CC=CC=CC2=[N+](CCCC)c3ccc(C)cc3C2(C)C)[C@](C)(CCCCCC(C)=O)c2cc(S(=O)(=O)O)ccc21.[B]C1CC(OOCC2OC([B])CC2OP(=O)(O)OCC(CO)CCCCCC(=O)C2CCN(Sc3ccccc3C3=C4C=CC(N5CCc6ccccc65)C=C4Oc4cc(N5CCc6ccccc65)ccc43)CC2)C(COP(=O)(O)OC)O1.[Cl-]. The number of rotatable bonds is 42. The highest BCUT2D eigenvalue weighted by Crippen LogP contribution is 2.54. The van der Waals surface area contributed by atoms with Gasteiger partial charge in [0.2, 0.25) is 5.69 Å². The van der Waals surface area contributed by atoms with Crippen LogP contribution in [0.1, 0.15) is 196 Å². The average Bonchev–Trinajstić information content (AvgIpc) is 1.68. The highest BCUT2D eigenvalue weighted by atomic mass is 35.5. The van der Waals surface area contributed by atoms with Gasteiger partial charge in [-0.05, 0) is 206 Å². The maximum absolute atomic E-state index is 13.6. The first-order chi connectivity index (χ1) is 62.5. The van der Waals surface area contributed by atoms with Crippen molar-refractivity contribution in [1.82, 2.24) is 4.31 Å². The van der Waals surface area contributed by atoms with Gasteiger partial charge in [0.05, 0.1) is 35.7 Å². The second-order valence-electron chi connectivity index (χ2n) is 36.2. The van der Waals surface area contributed by atoms with Crippen molar-refractivity contribution < 1.29 is 106 Å². The molecule has 4 radical (unpaired) electrons. The standard InChI is InChI=1S/C60H71B2N3O15P2S.C40H54N2O4S.ClH/c1-72-81(68,69)75-38-56-53(33-58(61)78-56)79-73-37-55-54(34-59(62)77-55)80-82(70,71)74-36-39(35-66)11-3-2-4-17-50(67)42-23-27-63(28-24-42)83-57-18-10-7-14-47(57)60-45-21-19-43(64-29-25-40-12-5-8-15-48(40)64)31-51(45)76-52-32-44(20-22-46(52)60)65-30-26-41-13-6-9-16-49(41)65;1-8-10-26-41-35-23-21-30(3)28-33(35)39(5,6)37(41)19-15-12-16-20-38-40(7,25-17-13-14-18-31(4)43)34-29-32(47(44,45)46)22-24-36(34)42(38)27-11-9-2;/h5-10,12-16,18-22,31-32,39,42-43,53-56,58-59,66H,2-4,11,17,23-30,33-38H2,1H3,(H,68,69)(H,70,71);12,15-16,19-24,28-29H,8-11,13-14,17-18,25-27H2,1-7H3;1H/t;40-;/m.1./s1. The summed E-state index contributed by atoms with van der Waals surface area (Å²) in [5.41, 5.74) is 18.5. The molecule has 10 unspecified atom stereocenters. The largest absolute Gasteiger partial charge is 1.00 e. The smallest absolute Gasteiger partial charge is 0.472 e. The number of aliphatic hydroxyl groups excluding tert-OH is 1. The average molecular weight is 1890 g/mol. The zero-order chi connectivity index (χ0) is 92.1. The van der Waals surface area contributed by atoms with Crippen molar-refractivity contribution in [2.45, 2.75) is 240 Å². The van der Waals surface area contributed by atoms with Crippen molar-refractivity contribution in [1.29, 1.82) is 0 Å². The van der Waals surface area contributed by atoms with Crippen LogP contribution in [-0.4, -0.2) is 185 Å². The van der Waals surface area contributed by atoms with E-state index in [2.05, 4.69) is 227 Å². The van der Waals surface area contributed by atoms with E-state index >= 15 is 0 Å². The van der Waals surface area contributed by atoms with Gasteiger partial charge in [-0.1, -0.05) is 149 Å². The van der Waals surface area contributed by atoms with Crippen molar-refractivity contribution in [2.75, 3.05) is 87.5 Å². The van der Waals surface area contributed by atoms with Crippen molar-refractivity contribution >= 4 is 105 Å². The monoisotopic (exact) mass is 1880 g/mol. The van der Waals surface area contributed by atoms with Gasteiger partial charge in [-0.15, -0.1) is 0 Å². The maximum Gasteiger partial charge on any atom is 0.472 e. The Morgan fingerprint density at radius 3 is 2.18 bits per heavy atom.